The minimum absolute atomic E-state index is 0.849. The molecule has 0 unspecified atom stereocenters. The third-order valence-electron chi connectivity index (χ3n) is 4.17. The average molecular weight is 257 g/mol. The first-order valence-electron chi connectivity index (χ1n) is 7.51. The molecule has 3 nitrogen and oxygen atoms in total. The van der Waals surface area contributed by atoms with E-state index in [1.807, 2.05) is 6.92 Å². The standard InChI is InChI=1S/C16H23N3/c1-12-18-15-9-8-14(10-16(15)19-12)17-11-13-6-4-2-3-5-7-13/h8-10,13,17H,2-7,11H2,1H3,(H,18,19). The van der Waals surface area contributed by atoms with Crippen LogP contribution in [0.25, 0.3) is 11.0 Å². The van der Waals surface area contributed by atoms with Gasteiger partial charge >= 0.3 is 0 Å². The van der Waals surface area contributed by atoms with E-state index in [0.29, 0.717) is 0 Å². The van der Waals surface area contributed by atoms with Crippen molar-refractivity contribution in [3.8, 4) is 0 Å². The van der Waals surface area contributed by atoms with Gasteiger partial charge < -0.3 is 10.3 Å². The van der Waals surface area contributed by atoms with Crippen LogP contribution in [0.4, 0.5) is 5.69 Å². The number of H-pyrrole nitrogens is 1. The molecule has 0 atom stereocenters. The second kappa shape index (κ2) is 5.64. The molecule has 102 valence electrons. The van der Waals surface area contributed by atoms with Crippen molar-refractivity contribution < 1.29 is 0 Å². The van der Waals surface area contributed by atoms with E-state index in [1.165, 1.54) is 44.2 Å². The van der Waals surface area contributed by atoms with Gasteiger partial charge in [-0.15, -0.1) is 0 Å². The quantitative estimate of drug-likeness (QED) is 0.807. The molecule has 2 N–H and O–H groups in total. The first kappa shape index (κ1) is 12.5. The third-order valence-corrected chi connectivity index (χ3v) is 4.17. The van der Waals surface area contributed by atoms with E-state index in [1.54, 1.807) is 0 Å². The molecular weight excluding hydrogens is 234 g/mol. The highest BCUT2D eigenvalue weighted by molar-refractivity contribution is 5.79. The van der Waals surface area contributed by atoms with Gasteiger partial charge in [0.05, 0.1) is 11.0 Å². The Bertz CT molecular complexity index is 536. The number of aromatic amines is 1. The Morgan fingerprint density at radius 2 is 2.00 bits per heavy atom. The molecule has 0 amide bonds. The van der Waals surface area contributed by atoms with Gasteiger partial charge in [0.25, 0.3) is 0 Å². The highest BCUT2D eigenvalue weighted by Crippen LogP contribution is 2.24. The van der Waals surface area contributed by atoms with Crippen LogP contribution in [0, 0.1) is 12.8 Å². The molecule has 1 saturated carbocycles. The summed E-state index contributed by atoms with van der Waals surface area (Å²) < 4.78 is 0. The zero-order valence-corrected chi connectivity index (χ0v) is 11.7. The lowest BCUT2D eigenvalue weighted by Gasteiger charge is -2.15. The predicted octanol–water partition coefficient (Wildman–Crippen LogP) is 4.25. The summed E-state index contributed by atoms with van der Waals surface area (Å²) in [6.45, 7) is 3.11. The molecule has 0 spiro atoms. The van der Waals surface area contributed by atoms with Crippen molar-refractivity contribution in [1.82, 2.24) is 9.97 Å². The summed E-state index contributed by atoms with van der Waals surface area (Å²) in [5.74, 6) is 1.83. The molecule has 0 radical (unpaired) electrons. The molecule has 3 rings (SSSR count). The predicted molar refractivity (Wildman–Crippen MR) is 80.5 cm³/mol. The molecule has 0 bridgehead atoms. The molecule has 1 fully saturated rings. The monoisotopic (exact) mass is 257 g/mol. The Kier molecular flexibility index (Phi) is 3.72. The zero-order chi connectivity index (χ0) is 13.1. The number of hydrogen-bond donors (Lipinski definition) is 2. The van der Waals surface area contributed by atoms with Crippen LogP contribution in [0.1, 0.15) is 44.3 Å². The molecular formula is C16H23N3. The number of nitrogens with one attached hydrogen (secondary N) is 2. The van der Waals surface area contributed by atoms with Gasteiger partial charge in [-0.3, -0.25) is 0 Å². The van der Waals surface area contributed by atoms with Crippen LogP contribution in [0.15, 0.2) is 18.2 Å². The third kappa shape index (κ3) is 3.09. The summed E-state index contributed by atoms with van der Waals surface area (Å²) in [6, 6.07) is 6.40. The topological polar surface area (TPSA) is 40.7 Å². The summed E-state index contributed by atoms with van der Waals surface area (Å²) in [6.07, 6.45) is 8.44. The second-order valence-corrected chi connectivity index (χ2v) is 5.79. The lowest BCUT2D eigenvalue weighted by atomic mass is 10.0. The molecule has 1 aromatic carbocycles. The first-order chi connectivity index (χ1) is 9.31. The minimum atomic E-state index is 0.849. The number of fused-ring (bicyclic) bond motifs is 1. The number of rotatable bonds is 3. The summed E-state index contributed by atoms with van der Waals surface area (Å²) in [5, 5.41) is 3.60. The molecule has 1 aliphatic rings. The fourth-order valence-corrected chi connectivity index (χ4v) is 3.08. The largest absolute Gasteiger partial charge is 0.385 e. The second-order valence-electron chi connectivity index (χ2n) is 5.79. The number of anilines is 1. The van der Waals surface area contributed by atoms with Gasteiger partial charge in [0.2, 0.25) is 0 Å². The SMILES string of the molecule is Cc1nc2ccc(NCC3CCCCCC3)cc2[nH]1. The van der Waals surface area contributed by atoms with Gasteiger partial charge in [-0.2, -0.15) is 0 Å². The maximum absolute atomic E-state index is 4.43. The number of aromatic nitrogens is 2. The normalized spacial score (nSPS) is 17.5. The van der Waals surface area contributed by atoms with Gasteiger partial charge in [0.1, 0.15) is 5.82 Å². The van der Waals surface area contributed by atoms with Crippen LogP contribution < -0.4 is 5.32 Å². The Morgan fingerprint density at radius 3 is 2.79 bits per heavy atom. The fourth-order valence-electron chi connectivity index (χ4n) is 3.08. The van der Waals surface area contributed by atoms with Gasteiger partial charge in [-0.25, -0.2) is 4.98 Å². The number of aryl methyl sites for hydroxylation is 1. The Labute approximate surface area is 114 Å². The van der Waals surface area contributed by atoms with E-state index in [0.717, 1.165) is 29.3 Å². The van der Waals surface area contributed by atoms with E-state index in [2.05, 4.69) is 33.5 Å². The van der Waals surface area contributed by atoms with Crippen LogP contribution in [-0.4, -0.2) is 16.5 Å². The van der Waals surface area contributed by atoms with Crippen LogP contribution in [0.2, 0.25) is 0 Å². The van der Waals surface area contributed by atoms with Crippen molar-refractivity contribution in [3.63, 3.8) is 0 Å². The zero-order valence-electron chi connectivity index (χ0n) is 11.7. The molecule has 0 aliphatic heterocycles. The van der Waals surface area contributed by atoms with E-state index in [4.69, 9.17) is 0 Å². The Morgan fingerprint density at radius 1 is 1.21 bits per heavy atom. The molecule has 2 aromatic rings. The maximum Gasteiger partial charge on any atom is 0.104 e. The summed E-state index contributed by atoms with van der Waals surface area (Å²) in [7, 11) is 0. The summed E-state index contributed by atoms with van der Waals surface area (Å²) in [4.78, 5) is 7.73. The molecule has 1 aliphatic carbocycles. The van der Waals surface area contributed by atoms with Crippen LogP contribution in [0.3, 0.4) is 0 Å². The van der Waals surface area contributed by atoms with E-state index < -0.39 is 0 Å². The smallest absolute Gasteiger partial charge is 0.104 e. The van der Waals surface area contributed by atoms with Gasteiger partial charge in [-0.05, 0) is 43.9 Å². The summed E-state index contributed by atoms with van der Waals surface area (Å²) >= 11 is 0. The van der Waals surface area contributed by atoms with Crippen molar-refractivity contribution in [2.45, 2.75) is 45.4 Å². The van der Waals surface area contributed by atoms with Crippen molar-refractivity contribution >= 4 is 16.7 Å². The van der Waals surface area contributed by atoms with Crippen molar-refractivity contribution in [2.24, 2.45) is 5.92 Å². The Hall–Kier alpha value is -1.51. The van der Waals surface area contributed by atoms with E-state index >= 15 is 0 Å². The molecule has 19 heavy (non-hydrogen) atoms. The number of nitrogens with zero attached hydrogens (tertiary/aromatic N) is 1. The van der Waals surface area contributed by atoms with Gasteiger partial charge in [-0.1, -0.05) is 25.7 Å². The minimum Gasteiger partial charge on any atom is -0.385 e. The average Bonchev–Trinajstić information content (AvgIpc) is 2.62. The highest BCUT2D eigenvalue weighted by atomic mass is 14.9. The van der Waals surface area contributed by atoms with E-state index in [9.17, 15) is 0 Å². The molecule has 1 heterocycles. The lowest BCUT2D eigenvalue weighted by molar-refractivity contribution is 0.483. The van der Waals surface area contributed by atoms with Crippen LogP contribution in [0.5, 0.6) is 0 Å². The van der Waals surface area contributed by atoms with Gasteiger partial charge in [0, 0.05) is 12.2 Å². The number of benzene rings is 1. The molecule has 0 saturated heterocycles. The fraction of sp³-hybridized carbons (Fsp3) is 0.562. The van der Waals surface area contributed by atoms with Crippen LogP contribution in [-0.2, 0) is 0 Å². The first-order valence-corrected chi connectivity index (χ1v) is 7.51. The number of imidazole rings is 1. The molecule has 3 heteroatoms. The van der Waals surface area contributed by atoms with Gasteiger partial charge in [0.15, 0.2) is 0 Å². The van der Waals surface area contributed by atoms with Crippen molar-refractivity contribution in [1.29, 1.82) is 0 Å². The number of hydrogen-bond acceptors (Lipinski definition) is 2. The van der Waals surface area contributed by atoms with Crippen LogP contribution >= 0.6 is 0 Å². The summed E-state index contributed by atoms with van der Waals surface area (Å²) in [5.41, 5.74) is 3.39. The van der Waals surface area contributed by atoms with E-state index in [-0.39, 0.29) is 0 Å². The highest BCUT2D eigenvalue weighted by Gasteiger charge is 2.12. The van der Waals surface area contributed by atoms with Crippen molar-refractivity contribution in [3.05, 3.63) is 24.0 Å². The lowest BCUT2D eigenvalue weighted by Crippen LogP contribution is -2.13. The molecule has 1 aromatic heterocycles. The van der Waals surface area contributed by atoms with Crippen molar-refractivity contribution in [2.75, 3.05) is 11.9 Å². The Balaban J connectivity index is 1.64. The maximum atomic E-state index is 4.43.